The minimum Gasteiger partial charge on any atom is -0.495 e. The molecule has 0 atom stereocenters. The summed E-state index contributed by atoms with van der Waals surface area (Å²) < 4.78 is 11.6. The first-order valence-electron chi connectivity index (χ1n) is 9.02. The normalized spacial score (nSPS) is 11.3. The fourth-order valence-electron chi connectivity index (χ4n) is 2.88. The number of nitrogen functional groups attached to an aromatic ring is 2. The van der Waals surface area contributed by atoms with Crippen LogP contribution in [-0.4, -0.2) is 14.2 Å². The molecular formula is C24H23BrN2O2. The molecule has 0 fully saturated rings. The van der Waals surface area contributed by atoms with E-state index in [1.807, 2.05) is 48.6 Å². The van der Waals surface area contributed by atoms with Gasteiger partial charge in [-0.1, -0.05) is 52.4 Å². The minimum atomic E-state index is 0.624. The van der Waals surface area contributed by atoms with Crippen LogP contribution >= 0.6 is 15.9 Å². The second-order valence-corrected chi connectivity index (χ2v) is 7.40. The van der Waals surface area contributed by atoms with Crippen molar-refractivity contribution in [2.75, 3.05) is 25.7 Å². The highest BCUT2D eigenvalue weighted by molar-refractivity contribution is 9.10. The van der Waals surface area contributed by atoms with Crippen LogP contribution < -0.4 is 20.9 Å². The second-order valence-electron chi connectivity index (χ2n) is 6.49. The molecule has 3 aromatic rings. The Morgan fingerprint density at radius 3 is 1.45 bits per heavy atom. The molecule has 0 aromatic heterocycles. The summed E-state index contributed by atoms with van der Waals surface area (Å²) >= 11 is 3.59. The monoisotopic (exact) mass is 450 g/mol. The number of nitrogens with two attached hydrogens (primary N) is 2. The molecule has 0 saturated heterocycles. The van der Waals surface area contributed by atoms with Gasteiger partial charge in [0.25, 0.3) is 0 Å². The van der Waals surface area contributed by atoms with E-state index in [-0.39, 0.29) is 0 Å². The molecular weight excluding hydrogens is 428 g/mol. The van der Waals surface area contributed by atoms with Gasteiger partial charge in [-0.05, 0) is 64.7 Å². The highest BCUT2D eigenvalue weighted by atomic mass is 79.9. The first-order valence-corrected chi connectivity index (χ1v) is 9.81. The Bertz CT molecular complexity index is 993. The van der Waals surface area contributed by atoms with E-state index in [0.717, 1.165) is 26.7 Å². The Kier molecular flexibility index (Phi) is 6.62. The lowest BCUT2D eigenvalue weighted by Crippen LogP contribution is -1.92. The minimum absolute atomic E-state index is 0.624. The van der Waals surface area contributed by atoms with Gasteiger partial charge in [-0.3, -0.25) is 0 Å². The Morgan fingerprint density at radius 1 is 0.621 bits per heavy atom. The van der Waals surface area contributed by atoms with E-state index in [9.17, 15) is 0 Å². The molecule has 0 amide bonds. The van der Waals surface area contributed by atoms with Crippen LogP contribution in [0.25, 0.3) is 24.3 Å². The van der Waals surface area contributed by atoms with E-state index in [0.29, 0.717) is 22.9 Å². The summed E-state index contributed by atoms with van der Waals surface area (Å²) in [6.45, 7) is 0. The molecule has 3 rings (SSSR count). The van der Waals surface area contributed by atoms with Crippen LogP contribution in [-0.2, 0) is 0 Å². The van der Waals surface area contributed by atoms with Gasteiger partial charge in [0.05, 0.1) is 25.6 Å². The molecule has 3 aromatic carbocycles. The van der Waals surface area contributed by atoms with Gasteiger partial charge in [-0.2, -0.15) is 0 Å². The number of hydrogen-bond donors (Lipinski definition) is 2. The topological polar surface area (TPSA) is 70.5 Å². The standard InChI is InChI=1S/C24H23BrN2O2/c1-28-23-14-16(7-9-21(23)26)3-5-18-11-19(13-20(25)12-18)6-4-17-8-10-22(27)24(15-17)29-2/h3-15H,26-27H2,1-2H3/b5-3+,6-4+. The molecule has 0 aliphatic carbocycles. The van der Waals surface area contributed by atoms with Gasteiger partial charge in [-0.25, -0.2) is 0 Å². The fourth-order valence-corrected chi connectivity index (χ4v) is 3.40. The molecule has 0 radical (unpaired) electrons. The lowest BCUT2D eigenvalue weighted by atomic mass is 10.1. The van der Waals surface area contributed by atoms with Gasteiger partial charge in [-0.15, -0.1) is 0 Å². The maximum atomic E-state index is 5.88. The number of benzene rings is 3. The molecule has 0 spiro atoms. The van der Waals surface area contributed by atoms with Gasteiger partial charge in [0.15, 0.2) is 0 Å². The molecule has 0 heterocycles. The number of rotatable bonds is 6. The summed E-state index contributed by atoms with van der Waals surface area (Å²) in [5.41, 5.74) is 17.2. The van der Waals surface area contributed by atoms with Crippen LogP contribution in [0.1, 0.15) is 22.3 Å². The molecule has 0 saturated carbocycles. The Labute approximate surface area is 179 Å². The zero-order chi connectivity index (χ0) is 20.8. The lowest BCUT2D eigenvalue weighted by molar-refractivity contribution is 0.417. The summed E-state index contributed by atoms with van der Waals surface area (Å²) in [5.74, 6) is 1.34. The number of hydrogen-bond acceptors (Lipinski definition) is 4. The van der Waals surface area contributed by atoms with E-state index in [1.54, 1.807) is 14.2 Å². The van der Waals surface area contributed by atoms with Crippen molar-refractivity contribution in [2.45, 2.75) is 0 Å². The lowest BCUT2D eigenvalue weighted by Gasteiger charge is -2.05. The van der Waals surface area contributed by atoms with Crippen molar-refractivity contribution in [3.8, 4) is 11.5 Å². The fraction of sp³-hybridized carbons (Fsp3) is 0.0833. The summed E-state index contributed by atoms with van der Waals surface area (Å²) in [6, 6.07) is 17.7. The first kappa shape index (κ1) is 20.6. The summed E-state index contributed by atoms with van der Waals surface area (Å²) in [4.78, 5) is 0. The zero-order valence-electron chi connectivity index (χ0n) is 16.4. The highest BCUT2D eigenvalue weighted by Gasteiger charge is 2.01. The van der Waals surface area contributed by atoms with Crippen LogP contribution in [0, 0.1) is 0 Å². The van der Waals surface area contributed by atoms with E-state index in [4.69, 9.17) is 20.9 Å². The quantitative estimate of drug-likeness (QED) is 0.358. The largest absolute Gasteiger partial charge is 0.495 e. The Balaban J connectivity index is 1.83. The van der Waals surface area contributed by atoms with E-state index in [2.05, 4.69) is 46.3 Å². The molecule has 4 N–H and O–H groups in total. The predicted molar refractivity (Wildman–Crippen MR) is 127 cm³/mol. The molecule has 4 nitrogen and oxygen atoms in total. The third-order valence-electron chi connectivity index (χ3n) is 4.39. The van der Waals surface area contributed by atoms with Crippen molar-refractivity contribution in [1.82, 2.24) is 0 Å². The predicted octanol–water partition coefficient (Wildman–Crippen LogP) is 5.97. The summed E-state index contributed by atoms with van der Waals surface area (Å²) in [7, 11) is 3.23. The molecule has 29 heavy (non-hydrogen) atoms. The molecule has 5 heteroatoms. The number of anilines is 2. The molecule has 148 valence electrons. The van der Waals surface area contributed by atoms with Crippen LogP contribution in [0.15, 0.2) is 59.1 Å². The Morgan fingerprint density at radius 2 is 1.03 bits per heavy atom. The van der Waals surface area contributed by atoms with Gasteiger partial charge in [0.1, 0.15) is 11.5 Å². The molecule has 0 unspecified atom stereocenters. The Hall–Kier alpha value is -3.18. The van der Waals surface area contributed by atoms with Crippen molar-refractivity contribution in [2.24, 2.45) is 0 Å². The maximum Gasteiger partial charge on any atom is 0.142 e. The number of ether oxygens (including phenoxy) is 2. The molecule has 0 bridgehead atoms. The average Bonchev–Trinajstić information content (AvgIpc) is 2.72. The summed E-state index contributed by atoms with van der Waals surface area (Å²) in [5, 5.41) is 0. The third-order valence-corrected chi connectivity index (χ3v) is 4.85. The first-order chi connectivity index (χ1) is 14.0. The second kappa shape index (κ2) is 9.34. The highest BCUT2D eigenvalue weighted by Crippen LogP contribution is 2.26. The zero-order valence-corrected chi connectivity index (χ0v) is 17.9. The number of halogens is 1. The SMILES string of the molecule is COc1cc(/C=C/c2cc(Br)cc(/C=C/c3ccc(N)c(OC)c3)c2)ccc1N. The third kappa shape index (κ3) is 5.42. The van der Waals surface area contributed by atoms with E-state index in [1.165, 1.54) is 0 Å². The summed E-state index contributed by atoms with van der Waals surface area (Å²) in [6.07, 6.45) is 8.17. The van der Waals surface area contributed by atoms with Crippen LogP contribution in [0.3, 0.4) is 0 Å². The van der Waals surface area contributed by atoms with Gasteiger partial charge >= 0.3 is 0 Å². The molecule has 0 aliphatic heterocycles. The van der Waals surface area contributed by atoms with Crippen LogP contribution in [0.4, 0.5) is 11.4 Å². The van der Waals surface area contributed by atoms with Crippen molar-refractivity contribution < 1.29 is 9.47 Å². The van der Waals surface area contributed by atoms with E-state index < -0.39 is 0 Å². The van der Waals surface area contributed by atoms with Gasteiger partial charge in [0.2, 0.25) is 0 Å². The van der Waals surface area contributed by atoms with Crippen molar-refractivity contribution in [3.05, 3.63) is 81.3 Å². The van der Waals surface area contributed by atoms with E-state index >= 15 is 0 Å². The van der Waals surface area contributed by atoms with Gasteiger partial charge in [0, 0.05) is 4.47 Å². The van der Waals surface area contributed by atoms with Crippen LogP contribution in [0.5, 0.6) is 11.5 Å². The van der Waals surface area contributed by atoms with Crippen molar-refractivity contribution in [3.63, 3.8) is 0 Å². The average molecular weight is 451 g/mol. The van der Waals surface area contributed by atoms with Crippen LogP contribution in [0.2, 0.25) is 0 Å². The maximum absolute atomic E-state index is 5.88. The molecule has 0 aliphatic rings. The smallest absolute Gasteiger partial charge is 0.142 e. The van der Waals surface area contributed by atoms with Crippen molar-refractivity contribution >= 4 is 51.6 Å². The number of methoxy groups -OCH3 is 2. The van der Waals surface area contributed by atoms with Crippen molar-refractivity contribution in [1.29, 1.82) is 0 Å². The van der Waals surface area contributed by atoms with Gasteiger partial charge < -0.3 is 20.9 Å².